The normalized spacial score (nSPS) is 21.7. The zero-order valence-corrected chi connectivity index (χ0v) is 31.1. The molecule has 3 aromatic rings. The van der Waals surface area contributed by atoms with E-state index in [0.717, 1.165) is 37.1 Å². The molecule has 0 saturated carbocycles. The maximum absolute atomic E-state index is 15.3. The van der Waals surface area contributed by atoms with Crippen LogP contribution in [0, 0.1) is 5.82 Å². The lowest BCUT2D eigenvalue weighted by atomic mass is 9.98. The summed E-state index contributed by atoms with van der Waals surface area (Å²) >= 11 is 0. The Morgan fingerprint density at radius 2 is 1.72 bits per heavy atom. The first kappa shape index (κ1) is 37.3. The number of hydrazine groups is 1. The average molecular weight is 740 g/mol. The van der Waals surface area contributed by atoms with E-state index in [9.17, 15) is 19.5 Å². The summed E-state index contributed by atoms with van der Waals surface area (Å²) in [6.45, 7) is 7.73. The summed E-state index contributed by atoms with van der Waals surface area (Å²) in [6, 6.07) is 18.6. The largest absolute Gasteiger partial charge is 0.508 e. The van der Waals surface area contributed by atoms with Gasteiger partial charge >= 0.3 is 6.03 Å². The first-order valence-electron chi connectivity index (χ1n) is 18.7. The summed E-state index contributed by atoms with van der Waals surface area (Å²) in [6.07, 6.45) is 3.20. The van der Waals surface area contributed by atoms with Gasteiger partial charge in [-0.05, 0) is 62.3 Å². The van der Waals surface area contributed by atoms with E-state index in [-0.39, 0.29) is 62.5 Å². The van der Waals surface area contributed by atoms with Crippen molar-refractivity contribution in [1.29, 1.82) is 0 Å². The highest BCUT2D eigenvalue weighted by molar-refractivity contribution is 5.91. The number of urea groups is 1. The van der Waals surface area contributed by atoms with E-state index in [0.29, 0.717) is 30.9 Å². The smallest absolute Gasteiger partial charge is 0.334 e. The van der Waals surface area contributed by atoms with Crippen molar-refractivity contribution in [2.45, 2.75) is 56.6 Å². The number of halogens is 1. The van der Waals surface area contributed by atoms with Crippen molar-refractivity contribution >= 4 is 23.7 Å². The van der Waals surface area contributed by atoms with Crippen LogP contribution < -0.4 is 10.2 Å². The number of rotatable bonds is 11. The summed E-state index contributed by atoms with van der Waals surface area (Å²) in [5, 5.41) is 16.1. The Morgan fingerprint density at radius 1 is 1.00 bits per heavy atom. The van der Waals surface area contributed by atoms with E-state index >= 15 is 4.39 Å². The van der Waals surface area contributed by atoms with E-state index in [1.54, 1.807) is 46.3 Å². The number of nitrogens with one attached hydrogen (secondary N) is 1. The van der Waals surface area contributed by atoms with Crippen LogP contribution >= 0.6 is 0 Å². The topological polar surface area (TPSA) is 119 Å². The molecule has 4 aliphatic rings. The number of hydrogen-bond acceptors (Lipinski definition) is 9. The summed E-state index contributed by atoms with van der Waals surface area (Å²) in [5.74, 6) is -0.641. The van der Waals surface area contributed by atoms with Crippen molar-refractivity contribution in [3.63, 3.8) is 0 Å². The third-order valence-corrected chi connectivity index (χ3v) is 11.2. The molecule has 4 fully saturated rings. The van der Waals surface area contributed by atoms with E-state index < -0.39 is 24.1 Å². The summed E-state index contributed by atoms with van der Waals surface area (Å²) in [7, 11) is 4.25. The second-order valence-corrected chi connectivity index (χ2v) is 14.9. The molecule has 286 valence electrons. The van der Waals surface area contributed by atoms with Crippen molar-refractivity contribution < 1.29 is 23.9 Å². The summed E-state index contributed by atoms with van der Waals surface area (Å²) in [5.41, 5.74) is 2.17. The highest BCUT2D eigenvalue weighted by atomic mass is 19.1. The van der Waals surface area contributed by atoms with Gasteiger partial charge in [-0.15, -0.1) is 6.58 Å². The molecule has 14 heteroatoms. The van der Waals surface area contributed by atoms with Crippen LogP contribution in [0.15, 0.2) is 79.4 Å². The Bertz CT molecular complexity index is 1820. The van der Waals surface area contributed by atoms with Crippen LogP contribution in [0.5, 0.6) is 5.75 Å². The van der Waals surface area contributed by atoms with Crippen LogP contribution in [0.1, 0.15) is 29.7 Å². The van der Waals surface area contributed by atoms with E-state index in [4.69, 9.17) is 4.98 Å². The van der Waals surface area contributed by atoms with Gasteiger partial charge in [0.1, 0.15) is 18.0 Å². The van der Waals surface area contributed by atoms with Gasteiger partial charge in [0.2, 0.25) is 11.8 Å². The molecule has 1 unspecified atom stereocenters. The average Bonchev–Trinajstić information content (AvgIpc) is 3.14. The number of carbonyl (C=O) groups is 3. The molecule has 0 radical (unpaired) electrons. The predicted molar refractivity (Wildman–Crippen MR) is 202 cm³/mol. The van der Waals surface area contributed by atoms with E-state index in [1.807, 2.05) is 35.2 Å². The van der Waals surface area contributed by atoms with E-state index in [2.05, 4.69) is 35.8 Å². The lowest BCUT2D eigenvalue weighted by Crippen LogP contribution is -2.76. The van der Waals surface area contributed by atoms with Gasteiger partial charge in [0, 0.05) is 57.8 Å². The molecule has 0 spiro atoms. The Morgan fingerprint density at radius 3 is 2.41 bits per heavy atom. The molecular formula is C40H50FN9O4. The third kappa shape index (κ3) is 7.91. The zero-order chi connectivity index (χ0) is 37.9. The number of piperidine rings is 1. The SMILES string of the molecule is C=CCN1CC(=O)N2C(CN(Cc3ccc(F)c(N4CC(N5CCC(N(C)C)CC5)C4)n3)C(=O)[C@@H]2Cc2ccc(O)cc2)N1C(=O)NCc1ccccc1. The van der Waals surface area contributed by atoms with Crippen LogP contribution in [0.3, 0.4) is 0 Å². The number of likely N-dealkylation sites (tertiary alicyclic amines) is 1. The molecule has 2 N–H and O–H groups in total. The highest BCUT2D eigenvalue weighted by Gasteiger charge is 2.51. The fourth-order valence-electron chi connectivity index (χ4n) is 8.16. The van der Waals surface area contributed by atoms with E-state index in [1.165, 1.54) is 16.0 Å². The molecule has 4 saturated heterocycles. The molecule has 2 atom stereocenters. The minimum atomic E-state index is -0.941. The monoisotopic (exact) mass is 739 g/mol. The molecular weight excluding hydrogens is 689 g/mol. The number of amides is 4. The molecule has 2 aromatic carbocycles. The number of fused-ring (bicyclic) bond motifs is 1. The van der Waals surface area contributed by atoms with Crippen LogP contribution in [0.4, 0.5) is 15.0 Å². The number of nitrogens with zero attached hydrogens (tertiary/aromatic N) is 8. The second kappa shape index (κ2) is 16.1. The number of pyridine rings is 1. The van der Waals surface area contributed by atoms with Crippen molar-refractivity contribution in [2.24, 2.45) is 0 Å². The summed E-state index contributed by atoms with van der Waals surface area (Å²) < 4.78 is 15.3. The van der Waals surface area contributed by atoms with Crippen molar-refractivity contribution in [3.05, 3.63) is 102 Å². The van der Waals surface area contributed by atoms with Gasteiger partial charge in [0.15, 0.2) is 11.6 Å². The molecule has 4 aliphatic heterocycles. The van der Waals surface area contributed by atoms with Gasteiger partial charge in [-0.3, -0.25) is 14.5 Å². The van der Waals surface area contributed by atoms with Gasteiger partial charge in [-0.2, -0.15) is 0 Å². The lowest BCUT2D eigenvalue weighted by molar-refractivity contribution is -0.189. The lowest BCUT2D eigenvalue weighted by Gasteiger charge is -2.55. The number of benzene rings is 2. The second-order valence-electron chi connectivity index (χ2n) is 14.9. The minimum absolute atomic E-state index is 0.0200. The number of hydrogen-bond donors (Lipinski definition) is 2. The molecule has 54 heavy (non-hydrogen) atoms. The molecule has 5 heterocycles. The maximum Gasteiger partial charge on any atom is 0.334 e. The number of aromatic hydroxyl groups is 1. The molecule has 13 nitrogen and oxygen atoms in total. The Balaban J connectivity index is 1.13. The van der Waals surface area contributed by atoms with Crippen LogP contribution in [0.2, 0.25) is 0 Å². The van der Waals surface area contributed by atoms with Crippen LogP contribution in [0.25, 0.3) is 0 Å². The van der Waals surface area contributed by atoms with Gasteiger partial charge in [0.25, 0.3) is 0 Å². The zero-order valence-electron chi connectivity index (χ0n) is 31.1. The summed E-state index contributed by atoms with van der Waals surface area (Å²) in [4.78, 5) is 57.1. The molecule has 1 aromatic heterocycles. The fourth-order valence-corrected chi connectivity index (χ4v) is 8.16. The standard InChI is InChI=1S/C40H50FN9O4/c1-4-18-48-27-37(52)49-35(21-28-10-13-33(51)14-11-28)39(53)47(26-36(49)50(48)40(54)42-22-29-8-6-5-7-9-29)23-30-12-15-34(41)38(43-30)46-24-32(25-46)45-19-16-31(17-20-45)44(2)3/h4-15,31-32,35-36,51H,1,16-27H2,2-3H3,(H,42,54)/t35-,36?/m0/s1. The quantitative estimate of drug-likeness (QED) is 0.287. The van der Waals surface area contributed by atoms with Gasteiger partial charge < -0.3 is 30.0 Å². The third-order valence-electron chi connectivity index (χ3n) is 11.2. The number of phenolic OH excluding ortho intramolecular Hbond substituents is 1. The Labute approximate surface area is 316 Å². The fraction of sp³-hybridized carbons (Fsp3) is 0.450. The highest BCUT2D eigenvalue weighted by Crippen LogP contribution is 2.31. The Kier molecular flexibility index (Phi) is 11.1. The van der Waals surface area contributed by atoms with Crippen molar-refractivity contribution in [2.75, 3.05) is 64.8 Å². The van der Waals surface area contributed by atoms with Crippen LogP contribution in [-0.4, -0.2) is 142 Å². The number of phenols is 1. The van der Waals surface area contributed by atoms with Crippen LogP contribution in [-0.2, 0) is 29.1 Å². The minimum Gasteiger partial charge on any atom is -0.508 e. The van der Waals surface area contributed by atoms with Crippen molar-refractivity contribution in [1.82, 2.24) is 39.9 Å². The van der Waals surface area contributed by atoms with Crippen molar-refractivity contribution in [3.8, 4) is 5.75 Å². The number of carbonyl (C=O) groups excluding carboxylic acids is 3. The maximum atomic E-state index is 15.3. The molecule has 0 aliphatic carbocycles. The first-order valence-corrected chi connectivity index (χ1v) is 18.7. The number of anilines is 1. The number of piperazine rings is 1. The first-order chi connectivity index (χ1) is 26.1. The van der Waals surface area contributed by atoms with Gasteiger partial charge in [-0.25, -0.2) is 24.2 Å². The number of aromatic nitrogens is 1. The van der Waals surface area contributed by atoms with Gasteiger partial charge in [-0.1, -0.05) is 48.5 Å². The van der Waals surface area contributed by atoms with Gasteiger partial charge in [0.05, 0.1) is 25.3 Å². The predicted octanol–water partition coefficient (Wildman–Crippen LogP) is 2.88. The molecule has 7 rings (SSSR count). The molecule has 4 amide bonds. The molecule has 0 bridgehead atoms. The Hall–Kier alpha value is -5.05.